The van der Waals surface area contributed by atoms with Gasteiger partial charge in [-0.05, 0) is 13.3 Å². The quantitative estimate of drug-likeness (QED) is 0.613. The van der Waals surface area contributed by atoms with Crippen molar-refractivity contribution < 1.29 is 9.53 Å². The molecular formula is C8H13NO2S. The topological polar surface area (TPSA) is 50.1 Å². The highest BCUT2D eigenvalue weighted by Gasteiger charge is 2.13. The van der Waals surface area contributed by atoms with Crippen molar-refractivity contribution in [3.8, 4) is 6.07 Å². The molecule has 1 unspecified atom stereocenters. The Hall–Kier alpha value is -0.690. The van der Waals surface area contributed by atoms with Crippen molar-refractivity contribution in [1.82, 2.24) is 0 Å². The van der Waals surface area contributed by atoms with Gasteiger partial charge in [-0.25, -0.2) is 0 Å². The third kappa shape index (κ3) is 5.03. The Balaban J connectivity index is 3.55. The van der Waals surface area contributed by atoms with Gasteiger partial charge in [-0.15, -0.1) is 11.8 Å². The third-order valence-electron chi connectivity index (χ3n) is 1.18. The number of carbonyl (C=O) groups is 1. The minimum absolute atomic E-state index is 0.225. The van der Waals surface area contributed by atoms with E-state index in [0.717, 1.165) is 6.42 Å². The average Bonchev–Trinajstić information content (AvgIpc) is 2.10. The zero-order valence-electron chi connectivity index (χ0n) is 7.37. The molecule has 0 rings (SSSR count). The highest BCUT2D eigenvalue weighted by atomic mass is 32.2. The Morgan fingerprint density at radius 2 is 2.42 bits per heavy atom. The van der Waals surface area contributed by atoms with Crippen molar-refractivity contribution in [3.63, 3.8) is 0 Å². The van der Waals surface area contributed by atoms with E-state index in [9.17, 15) is 4.79 Å². The zero-order chi connectivity index (χ0) is 9.40. The van der Waals surface area contributed by atoms with Crippen LogP contribution in [0.3, 0.4) is 0 Å². The molecule has 0 N–H and O–H groups in total. The number of thioether (sulfide) groups is 1. The molecular weight excluding hydrogens is 174 g/mol. The summed E-state index contributed by atoms with van der Waals surface area (Å²) >= 11 is 1.30. The molecule has 0 aromatic carbocycles. The zero-order valence-corrected chi connectivity index (χ0v) is 8.19. The molecule has 0 bridgehead atoms. The molecule has 0 saturated heterocycles. The highest BCUT2D eigenvalue weighted by Crippen LogP contribution is 2.10. The fraction of sp³-hybridized carbons (Fsp3) is 0.750. The fourth-order valence-electron chi connectivity index (χ4n) is 0.550. The SMILES string of the molecule is CCCOC(=O)C(C)SCC#N. The van der Waals surface area contributed by atoms with E-state index in [0.29, 0.717) is 12.4 Å². The maximum Gasteiger partial charge on any atom is 0.318 e. The van der Waals surface area contributed by atoms with Crippen LogP contribution in [0.15, 0.2) is 0 Å². The van der Waals surface area contributed by atoms with Crippen LogP contribution in [-0.4, -0.2) is 23.6 Å². The van der Waals surface area contributed by atoms with Crippen LogP contribution in [0.25, 0.3) is 0 Å². The van der Waals surface area contributed by atoms with E-state index in [1.807, 2.05) is 13.0 Å². The lowest BCUT2D eigenvalue weighted by Crippen LogP contribution is -2.17. The van der Waals surface area contributed by atoms with E-state index in [-0.39, 0.29) is 11.2 Å². The number of hydrogen-bond acceptors (Lipinski definition) is 4. The maximum absolute atomic E-state index is 11.1. The lowest BCUT2D eigenvalue weighted by Gasteiger charge is -2.07. The number of rotatable bonds is 5. The van der Waals surface area contributed by atoms with Crippen molar-refractivity contribution in [1.29, 1.82) is 5.26 Å². The second-order valence-electron chi connectivity index (χ2n) is 2.28. The Morgan fingerprint density at radius 1 is 1.75 bits per heavy atom. The molecule has 0 fully saturated rings. The van der Waals surface area contributed by atoms with Gasteiger partial charge in [0.15, 0.2) is 0 Å². The molecule has 0 aliphatic heterocycles. The van der Waals surface area contributed by atoms with Crippen molar-refractivity contribution in [3.05, 3.63) is 0 Å². The van der Waals surface area contributed by atoms with Gasteiger partial charge >= 0.3 is 5.97 Å². The number of nitrogens with zero attached hydrogens (tertiary/aromatic N) is 1. The lowest BCUT2D eigenvalue weighted by molar-refractivity contribution is -0.142. The molecule has 0 aromatic heterocycles. The predicted octanol–water partition coefficient (Wildman–Crippen LogP) is 1.58. The third-order valence-corrected chi connectivity index (χ3v) is 2.17. The molecule has 0 aromatic rings. The van der Waals surface area contributed by atoms with Crippen molar-refractivity contribution >= 4 is 17.7 Å². The van der Waals surface area contributed by atoms with Crippen LogP contribution in [-0.2, 0) is 9.53 Å². The molecule has 1 atom stereocenters. The molecule has 3 nitrogen and oxygen atoms in total. The molecule has 0 aliphatic rings. The van der Waals surface area contributed by atoms with E-state index >= 15 is 0 Å². The number of nitriles is 1. The first-order valence-electron chi connectivity index (χ1n) is 3.87. The van der Waals surface area contributed by atoms with Gasteiger partial charge in [-0.1, -0.05) is 6.92 Å². The summed E-state index contributed by atoms with van der Waals surface area (Å²) in [5, 5.41) is 8.02. The van der Waals surface area contributed by atoms with Crippen LogP contribution in [0.4, 0.5) is 0 Å². The number of carbonyl (C=O) groups excluding carboxylic acids is 1. The Kier molecular flexibility index (Phi) is 6.58. The molecule has 0 aliphatic carbocycles. The first-order valence-corrected chi connectivity index (χ1v) is 4.92. The molecule has 0 spiro atoms. The monoisotopic (exact) mass is 187 g/mol. The first kappa shape index (κ1) is 11.3. The Bertz CT molecular complexity index is 176. The Labute approximate surface area is 77.1 Å². The van der Waals surface area contributed by atoms with Gasteiger partial charge in [0.05, 0.1) is 18.4 Å². The van der Waals surface area contributed by atoms with Gasteiger partial charge in [0.2, 0.25) is 0 Å². The van der Waals surface area contributed by atoms with Gasteiger partial charge in [0, 0.05) is 0 Å². The van der Waals surface area contributed by atoms with Gasteiger partial charge in [-0.2, -0.15) is 5.26 Å². The highest BCUT2D eigenvalue weighted by molar-refractivity contribution is 8.00. The summed E-state index contributed by atoms with van der Waals surface area (Å²) in [6, 6.07) is 1.96. The minimum atomic E-state index is -0.226. The summed E-state index contributed by atoms with van der Waals surface area (Å²) < 4.78 is 4.88. The van der Waals surface area contributed by atoms with E-state index in [2.05, 4.69) is 0 Å². The van der Waals surface area contributed by atoms with Gasteiger partial charge in [0.1, 0.15) is 5.25 Å². The number of hydrogen-bond donors (Lipinski definition) is 0. The van der Waals surface area contributed by atoms with E-state index in [4.69, 9.17) is 10.00 Å². The Morgan fingerprint density at radius 3 is 2.92 bits per heavy atom. The molecule has 0 saturated carbocycles. The summed E-state index contributed by atoms with van der Waals surface area (Å²) in [6.45, 7) is 4.16. The van der Waals surface area contributed by atoms with Crippen molar-refractivity contribution in [2.75, 3.05) is 12.4 Å². The second kappa shape index (κ2) is 6.99. The van der Waals surface area contributed by atoms with Gasteiger partial charge in [-0.3, -0.25) is 4.79 Å². The normalized spacial score (nSPS) is 11.8. The molecule has 68 valence electrons. The molecule has 0 radical (unpaired) electrons. The predicted molar refractivity (Wildman–Crippen MR) is 48.8 cm³/mol. The van der Waals surface area contributed by atoms with Crippen molar-refractivity contribution in [2.24, 2.45) is 0 Å². The fourth-order valence-corrected chi connectivity index (χ4v) is 1.08. The van der Waals surface area contributed by atoms with Gasteiger partial charge < -0.3 is 4.74 Å². The summed E-state index contributed by atoms with van der Waals surface area (Å²) in [7, 11) is 0. The summed E-state index contributed by atoms with van der Waals surface area (Å²) in [6.07, 6.45) is 0.835. The molecule has 0 heterocycles. The van der Waals surface area contributed by atoms with Gasteiger partial charge in [0.25, 0.3) is 0 Å². The van der Waals surface area contributed by atoms with Crippen LogP contribution in [0.5, 0.6) is 0 Å². The smallest absolute Gasteiger partial charge is 0.318 e. The van der Waals surface area contributed by atoms with Crippen molar-refractivity contribution in [2.45, 2.75) is 25.5 Å². The summed E-state index contributed by atoms with van der Waals surface area (Å²) in [5.41, 5.74) is 0. The average molecular weight is 187 g/mol. The van der Waals surface area contributed by atoms with Crippen LogP contribution < -0.4 is 0 Å². The summed E-state index contributed by atoms with van der Waals surface area (Å²) in [4.78, 5) is 11.1. The van der Waals surface area contributed by atoms with E-state index in [1.165, 1.54) is 11.8 Å². The van der Waals surface area contributed by atoms with Crippen LogP contribution >= 0.6 is 11.8 Å². The number of ether oxygens (including phenoxy) is 1. The lowest BCUT2D eigenvalue weighted by atomic mass is 10.5. The minimum Gasteiger partial charge on any atom is -0.465 e. The van der Waals surface area contributed by atoms with Crippen LogP contribution in [0.1, 0.15) is 20.3 Å². The van der Waals surface area contributed by atoms with Crippen LogP contribution in [0, 0.1) is 11.3 Å². The van der Waals surface area contributed by atoms with E-state index < -0.39 is 0 Å². The maximum atomic E-state index is 11.1. The van der Waals surface area contributed by atoms with E-state index in [1.54, 1.807) is 6.92 Å². The van der Waals surface area contributed by atoms with Crippen LogP contribution in [0.2, 0.25) is 0 Å². The largest absolute Gasteiger partial charge is 0.465 e. The second-order valence-corrected chi connectivity index (χ2v) is 3.61. The molecule has 12 heavy (non-hydrogen) atoms. The molecule has 4 heteroatoms. The first-order chi connectivity index (χ1) is 5.72. The summed E-state index contributed by atoms with van der Waals surface area (Å²) in [5.74, 6) is 0.111. The molecule has 0 amide bonds. The number of esters is 1. The standard InChI is InChI=1S/C8H13NO2S/c1-3-5-11-8(10)7(2)12-6-4-9/h7H,3,5-6H2,1-2H3.